The van der Waals surface area contributed by atoms with Crippen LogP contribution in [0.15, 0.2) is 54.6 Å². The van der Waals surface area contributed by atoms with Crippen molar-refractivity contribution in [1.82, 2.24) is 20.0 Å². The highest BCUT2D eigenvalue weighted by molar-refractivity contribution is 6.31. The van der Waals surface area contributed by atoms with Crippen molar-refractivity contribution in [3.63, 3.8) is 0 Å². The Hall–Kier alpha value is -5.25. The van der Waals surface area contributed by atoms with Crippen molar-refractivity contribution in [2.75, 3.05) is 31.6 Å². The summed E-state index contributed by atoms with van der Waals surface area (Å²) in [7, 11) is 1.39. The molecule has 3 aromatic carbocycles. The van der Waals surface area contributed by atoms with E-state index in [1.807, 2.05) is 36.4 Å². The number of fused-ring (bicyclic) bond motifs is 2. The van der Waals surface area contributed by atoms with Gasteiger partial charge in [-0.15, -0.1) is 0 Å². The third-order valence-electron chi connectivity index (χ3n) is 13.0. The van der Waals surface area contributed by atoms with Crippen LogP contribution in [0.1, 0.15) is 101 Å². The van der Waals surface area contributed by atoms with Crippen LogP contribution >= 0.6 is 11.6 Å². The molecule has 2 saturated heterocycles. The number of piperidine rings is 2. The van der Waals surface area contributed by atoms with Crippen LogP contribution in [-0.2, 0) is 22.7 Å². The lowest BCUT2D eigenvalue weighted by atomic mass is 9.49. The molecule has 1 unspecified atom stereocenters. The van der Waals surface area contributed by atoms with E-state index in [0.717, 1.165) is 59.1 Å². The largest absolute Gasteiger partial charge is 0.489 e. The average Bonchev–Trinajstić information content (AvgIpc) is 3.69. The number of hydrogen-bond acceptors (Lipinski definition) is 9. The van der Waals surface area contributed by atoms with Gasteiger partial charge >= 0.3 is 0 Å². The predicted molar refractivity (Wildman–Crippen MR) is 213 cm³/mol. The Labute approximate surface area is 337 Å². The van der Waals surface area contributed by atoms with Crippen molar-refractivity contribution in [2.45, 2.75) is 84.7 Å². The molecule has 1 aliphatic carbocycles. The van der Waals surface area contributed by atoms with Gasteiger partial charge in [-0.05, 0) is 84.8 Å². The molecule has 4 heterocycles. The SMILES string of the molecule is CN1C(=O)CCC(N2C(=O)c3cc4c(cc3C2=O)CN(CC2CCN(c3ccc(C(=O)N[C@H]5C(C)(C)[C@H](Oc6ccc(C#N)c(Cl)c6)C5(C)C)cc3)CC2)C4)C1=O. The fourth-order valence-corrected chi connectivity index (χ4v) is 10.4. The molecule has 13 heteroatoms. The first-order chi connectivity index (χ1) is 27.1. The zero-order valence-corrected chi connectivity index (χ0v) is 33.7. The number of nitrogens with one attached hydrogen (secondary N) is 1. The monoisotopic (exact) mass is 790 g/mol. The van der Waals surface area contributed by atoms with Gasteiger partial charge in [0.2, 0.25) is 5.91 Å². The minimum atomic E-state index is -0.953. The molecule has 0 spiro atoms. The molecule has 296 valence electrons. The molecule has 3 aromatic rings. The Morgan fingerprint density at radius 3 is 2.09 bits per heavy atom. The lowest BCUT2D eigenvalue weighted by molar-refractivity contribution is -0.164. The lowest BCUT2D eigenvalue weighted by Gasteiger charge is -2.63. The highest BCUT2D eigenvalue weighted by Gasteiger charge is 2.64. The fourth-order valence-electron chi connectivity index (χ4n) is 10.1. The van der Waals surface area contributed by atoms with Gasteiger partial charge in [0.15, 0.2) is 0 Å². The number of likely N-dealkylation sites (tertiary alicyclic amines) is 1. The van der Waals surface area contributed by atoms with Crippen molar-refractivity contribution in [3.8, 4) is 11.8 Å². The molecule has 8 rings (SSSR count). The zero-order chi connectivity index (χ0) is 40.6. The Kier molecular flexibility index (Phi) is 9.68. The van der Waals surface area contributed by atoms with E-state index in [-0.39, 0.29) is 47.6 Å². The summed E-state index contributed by atoms with van der Waals surface area (Å²) < 4.78 is 6.38. The summed E-state index contributed by atoms with van der Waals surface area (Å²) in [5.74, 6) is -0.776. The molecule has 1 atom stereocenters. The molecule has 0 radical (unpaired) electrons. The van der Waals surface area contributed by atoms with Crippen LogP contribution in [0.2, 0.25) is 5.02 Å². The van der Waals surface area contributed by atoms with E-state index in [2.05, 4.69) is 48.9 Å². The van der Waals surface area contributed by atoms with E-state index < -0.39 is 23.8 Å². The van der Waals surface area contributed by atoms with Gasteiger partial charge in [0.25, 0.3) is 23.6 Å². The predicted octanol–water partition coefficient (Wildman–Crippen LogP) is 5.80. The molecule has 57 heavy (non-hydrogen) atoms. The van der Waals surface area contributed by atoms with Gasteiger partial charge in [-0.1, -0.05) is 39.3 Å². The van der Waals surface area contributed by atoms with Gasteiger partial charge in [0.1, 0.15) is 24.0 Å². The van der Waals surface area contributed by atoms with Gasteiger partial charge in [0, 0.05) is 80.4 Å². The van der Waals surface area contributed by atoms with E-state index >= 15 is 0 Å². The molecule has 5 aliphatic rings. The maximum Gasteiger partial charge on any atom is 0.262 e. The molecule has 1 N–H and O–H groups in total. The Morgan fingerprint density at radius 2 is 1.51 bits per heavy atom. The number of amides is 5. The highest BCUT2D eigenvalue weighted by atomic mass is 35.5. The topological polar surface area (TPSA) is 143 Å². The number of hydrogen-bond donors (Lipinski definition) is 1. The van der Waals surface area contributed by atoms with Crippen LogP contribution in [-0.4, -0.2) is 89.1 Å². The van der Waals surface area contributed by atoms with Crippen molar-refractivity contribution in [2.24, 2.45) is 16.7 Å². The van der Waals surface area contributed by atoms with Crippen LogP contribution in [0.5, 0.6) is 5.75 Å². The van der Waals surface area contributed by atoms with E-state index in [4.69, 9.17) is 16.3 Å². The summed E-state index contributed by atoms with van der Waals surface area (Å²) in [5, 5.41) is 12.8. The maximum absolute atomic E-state index is 13.5. The third kappa shape index (κ3) is 6.64. The van der Waals surface area contributed by atoms with Gasteiger partial charge in [-0.25, -0.2) is 0 Å². The van der Waals surface area contributed by atoms with Crippen molar-refractivity contribution in [3.05, 3.63) is 93.0 Å². The van der Waals surface area contributed by atoms with Crippen LogP contribution in [0, 0.1) is 28.1 Å². The Bertz CT molecular complexity index is 2180. The van der Waals surface area contributed by atoms with Gasteiger partial charge in [-0.2, -0.15) is 5.26 Å². The Morgan fingerprint density at radius 1 is 0.895 bits per heavy atom. The fraction of sp³-hybridized carbons (Fsp3) is 0.455. The molecular formula is C44H47ClN6O6. The van der Waals surface area contributed by atoms with Crippen LogP contribution in [0.3, 0.4) is 0 Å². The third-order valence-corrected chi connectivity index (χ3v) is 13.3. The first-order valence-electron chi connectivity index (χ1n) is 19.7. The quantitative estimate of drug-likeness (QED) is 0.280. The highest BCUT2D eigenvalue weighted by Crippen LogP contribution is 2.55. The number of nitrogens with zero attached hydrogens (tertiary/aromatic N) is 5. The van der Waals surface area contributed by atoms with Crippen LogP contribution in [0.25, 0.3) is 0 Å². The molecule has 0 aromatic heterocycles. The van der Waals surface area contributed by atoms with Crippen molar-refractivity contribution in [1.29, 1.82) is 5.26 Å². The van der Waals surface area contributed by atoms with E-state index in [0.29, 0.717) is 52.0 Å². The summed E-state index contributed by atoms with van der Waals surface area (Å²) in [4.78, 5) is 72.0. The number of rotatable bonds is 8. The number of anilines is 1. The second-order valence-corrected chi connectivity index (χ2v) is 17.8. The smallest absolute Gasteiger partial charge is 0.262 e. The molecule has 1 saturated carbocycles. The molecular weight excluding hydrogens is 744 g/mol. The van der Waals surface area contributed by atoms with Crippen LogP contribution < -0.4 is 15.0 Å². The lowest BCUT2D eigenvalue weighted by Crippen LogP contribution is -2.74. The summed E-state index contributed by atoms with van der Waals surface area (Å²) in [6.07, 6.45) is 2.12. The normalized spacial score (nSPS) is 24.2. The number of halogens is 1. The van der Waals surface area contributed by atoms with E-state index in [1.54, 1.807) is 18.2 Å². The van der Waals surface area contributed by atoms with Gasteiger partial charge in [0.05, 0.1) is 21.7 Å². The summed E-state index contributed by atoms with van der Waals surface area (Å²) in [5.41, 5.74) is 4.11. The molecule has 0 bridgehead atoms. The van der Waals surface area contributed by atoms with Crippen molar-refractivity contribution >= 4 is 46.8 Å². The maximum atomic E-state index is 13.5. The zero-order valence-electron chi connectivity index (χ0n) is 32.9. The van der Waals surface area contributed by atoms with Gasteiger partial charge in [-0.3, -0.25) is 38.7 Å². The average molecular weight is 791 g/mol. The molecule has 5 amide bonds. The van der Waals surface area contributed by atoms with E-state index in [1.165, 1.54) is 7.05 Å². The standard InChI is InChI=1S/C44H47ClN6O6/c1-43(2)41(44(3,4)42(43)57-31-11-8-27(21-46)34(45)20-31)47-37(53)26-6-9-30(10-7-26)50-16-14-25(15-17-50)22-49-23-28-18-32-33(19-29(28)24-49)39(55)51(38(32)54)35-12-13-36(52)48(5)40(35)56/h6-11,18-20,25,35,41-42H,12-17,22-24H2,1-5H3,(H,47,53)/t35?,41-,42-. The van der Waals surface area contributed by atoms with E-state index in [9.17, 15) is 29.2 Å². The molecule has 12 nitrogen and oxygen atoms in total. The number of ether oxygens (including phenoxy) is 1. The number of carbonyl (C=O) groups is 5. The number of imide groups is 2. The molecule has 4 aliphatic heterocycles. The first kappa shape index (κ1) is 38.6. The minimum Gasteiger partial charge on any atom is -0.489 e. The number of nitriles is 1. The number of likely N-dealkylation sites (N-methyl/N-ethyl adjacent to an activating group) is 1. The number of carbonyl (C=O) groups excluding carboxylic acids is 5. The summed E-state index contributed by atoms with van der Waals surface area (Å²) in [6, 6.07) is 17.5. The summed E-state index contributed by atoms with van der Waals surface area (Å²) >= 11 is 6.25. The second kappa shape index (κ2) is 14.3. The van der Waals surface area contributed by atoms with Crippen LogP contribution in [0.4, 0.5) is 5.69 Å². The second-order valence-electron chi connectivity index (χ2n) is 17.4. The molecule has 3 fully saturated rings. The minimum absolute atomic E-state index is 0.118. The van der Waals surface area contributed by atoms with Crippen molar-refractivity contribution < 1.29 is 28.7 Å². The van der Waals surface area contributed by atoms with Gasteiger partial charge < -0.3 is 15.0 Å². The Balaban J connectivity index is 0.823. The first-order valence-corrected chi connectivity index (χ1v) is 20.0. The summed E-state index contributed by atoms with van der Waals surface area (Å²) in [6.45, 7) is 12.5. The number of benzene rings is 3.